The number of rotatable bonds is 8. The van der Waals surface area contributed by atoms with Crippen molar-refractivity contribution in [3.63, 3.8) is 0 Å². The van der Waals surface area contributed by atoms with Gasteiger partial charge in [0, 0.05) is 6.07 Å². The Labute approximate surface area is 229 Å². The molecule has 0 aliphatic carbocycles. The second-order valence-electron chi connectivity index (χ2n) is 8.71. The van der Waals surface area contributed by atoms with Crippen molar-refractivity contribution in [2.75, 3.05) is 13.2 Å². The topological polar surface area (TPSA) is 54.0 Å². The molecule has 0 spiro atoms. The summed E-state index contributed by atoms with van der Waals surface area (Å²) in [5, 5.41) is 0.278. The Morgan fingerprint density at radius 2 is 1.66 bits per heavy atom. The van der Waals surface area contributed by atoms with Gasteiger partial charge in [-0.05, 0) is 65.1 Å². The molecule has 0 fully saturated rings. The van der Waals surface area contributed by atoms with Crippen molar-refractivity contribution in [1.82, 2.24) is 0 Å². The zero-order valence-corrected chi connectivity index (χ0v) is 21.9. The monoisotopic (exact) mass is 552 g/mol. The molecule has 0 amide bonds. The van der Waals surface area contributed by atoms with Crippen LogP contribution in [-0.4, -0.2) is 19.5 Å². The van der Waals surface area contributed by atoms with E-state index in [0.29, 0.717) is 36.6 Å². The first-order valence-corrected chi connectivity index (χ1v) is 12.7. The van der Waals surface area contributed by atoms with Crippen molar-refractivity contribution in [3.8, 4) is 34.1 Å². The molecule has 1 aliphatic heterocycles. The number of hydrogen-bond donors (Lipinski definition) is 0. The second-order valence-corrected chi connectivity index (χ2v) is 9.53. The van der Waals surface area contributed by atoms with Crippen molar-refractivity contribution < 1.29 is 28.1 Å². The molecule has 0 N–H and O–H groups in total. The SMILES string of the molecule is Cc1c(COc2cc(OCc3ccc(F)c(Cl)c3)c(C=O)cc2Cl)cccc1-c1ccc2c(c1)OCCO2. The summed E-state index contributed by atoms with van der Waals surface area (Å²) in [7, 11) is 0. The average molecular weight is 553 g/mol. The fourth-order valence-electron chi connectivity index (χ4n) is 4.19. The van der Waals surface area contributed by atoms with E-state index >= 15 is 0 Å². The van der Waals surface area contributed by atoms with Crippen LogP contribution in [0.5, 0.6) is 23.0 Å². The Balaban J connectivity index is 1.34. The van der Waals surface area contributed by atoms with Gasteiger partial charge < -0.3 is 18.9 Å². The van der Waals surface area contributed by atoms with Crippen molar-refractivity contribution in [3.05, 3.63) is 105 Å². The molecule has 0 saturated carbocycles. The van der Waals surface area contributed by atoms with Gasteiger partial charge in [-0.15, -0.1) is 0 Å². The van der Waals surface area contributed by atoms with Crippen LogP contribution in [0.2, 0.25) is 10.0 Å². The van der Waals surface area contributed by atoms with Gasteiger partial charge in [-0.2, -0.15) is 0 Å². The smallest absolute Gasteiger partial charge is 0.161 e. The second kappa shape index (κ2) is 11.3. The zero-order chi connectivity index (χ0) is 26.6. The van der Waals surface area contributed by atoms with Crippen molar-refractivity contribution in [2.24, 2.45) is 0 Å². The Morgan fingerprint density at radius 3 is 2.45 bits per heavy atom. The largest absolute Gasteiger partial charge is 0.488 e. The predicted octanol–water partition coefficient (Wildman–Crippen LogP) is 7.85. The highest BCUT2D eigenvalue weighted by Crippen LogP contribution is 2.37. The molecule has 0 radical (unpaired) electrons. The van der Waals surface area contributed by atoms with Crippen LogP contribution in [0.4, 0.5) is 4.39 Å². The van der Waals surface area contributed by atoms with Gasteiger partial charge in [0.15, 0.2) is 17.8 Å². The average Bonchev–Trinajstić information content (AvgIpc) is 2.93. The molecule has 8 heteroatoms. The minimum absolute atomic E-state index is 0.00399. The van der Waals surface area contributed by atoms with E-state index in [4.69, 9.17) is 42.1 Å². The third-order valence-electron chi connectivity index (χ3n) is 6.25. The van der Waals surface area contributed by atoms with E-state index in [9.17, 15) is 9.18 Å². The normalized spacial score (nSPS) is 12.2. The summed E-state index contributed by atoms with van der Waals surface area (Å²) in [4.78, 5) is 11.6. The predicted molar refractivity (Wildman–Crippen MR) is 145 cm³/mol. The fourth-order valence-corrected chi connectivity index (χ4v) is 4.62. The maximum absolute atomic E-state index is 13.5. The molecule has 5 rings (SSSR count). The minimum atomic E-state index is -0.514. The van der Waals surface area contributed by atoms with E-state index in [2.05, 4.69) is 0 Å². The van der Waals surface area contributed by atoms with E-state index in [1.54, 1.807) is 12.1 Å². The number of carbonyl (C=O) groups excluding carboxylic acids is 1. The van der Waals surface area contributed by atoms with E-state index in [-0.39, 0.29) is 28.8 Å². The highest BCUT2D eigenvalue weighted by Gasteiger charge is 2.16. The summed E-state index contributed by atoms with van der Waals surface area (Å²) in [5.74, 6) is 1.62. The van der Waals surface area contributed by atoms with Gasteiger partial charge in [0.25, 0.3) is 0 Å². The van der Waals surface area contributed by atoms with Gasteiger partial charge in [-0.1, -0.05) is 53.5 Å². The van der Waals surface area contributed by atoms with Crippen LogP contribution in [0.15, 0.2) is 66.7 Å². The van der Waals surface area contributed by atoms with Crippen LogP contribution in [0, 0.1) is 12.7 Å². The lowest BCUT2D eigenvalue weighted by Gasteiger charge is -2.20. The lowest BCUT2D eigenvalue weighted by molar-refractivity contribution is 0.111. The first-order chi connectivity index (χ1) is 18.4. The maximum Gasteiger partial charge on any atom is 0.161 e. The molecule has 4 aromatic rings. The van der Waals surface area contributed by atoms with Crippen LogP contribution in [0.25, 0.3) is 11.1 Å². The van der Waals surface area contributed by atoms with Gasteiger partial charge in [0.1, 0.15) is 43.7 Å². The number of carbonyl (C=O) groups is 1. The lowest BCUT2D eigenvalue weighted by Crippen LogP contribution is -2.15. The molecule has 0 unspecified atom stereocenters. The van der Waals surface area contributed by atoms with Gasteiger partial charge in [-0.3, -0.25) is 4.79 Å². The summed E-state index contributed by atoms with van der Waals surface area (Å²) >= 11 is 12.3. The van der Waals surface area contributed by atoms with Gasteiger partial charge >= 0.3 is 0 Å². The van der Waals surface area contributed by atoms with Gasteiger partial charge in [-0.25, -0.2) is 4.39 Å². The van der Waals surface area contributed by atoms with E-state index in [1.807, 2.05) is 43.3 Å². The summed E-state index contributed by atoms with van der Waals surface area (Å²) in [6.45, 7) is 3.43. The molecule has 0 aromatic heterocycles. The van der Waals surface area contributed by atoms with E-state index < -0.39 is 5.82 Å². The first-order valence-electron chi connectivity index (χ1n) is 11.9. The number of fused-ring (bicyclic) bond motifs is 1. The minimum Gasteiger partial charge on any atom is -0.488 e. The number of ether oxygens (including phenoxy) is 4. The highest BCUT2D eigenvalue weighted by molar-refractivity contribution is 6.32. The molecule has 38 heavy (non-hydrogen) atoms. The molecule has 5 nitrogen and oxygen atoms in total. The molecule has 1 aliphatic rings. The molecule has 1 heterocycles. The van der Waals surface area contributed by atoms with Gasteiger partial charge in [0.2, 0.25) is 0 Å². The number of aldehydes is 1. The highest BCUT2D eigenvalue weighted by atomic mass is 35.5. The van der Waals surface area contributed by atoms with E-state index in [0.717, 1.165) is 33.8 Å². The zero-order valence-electron chi connectivity index (χ0n) is 20.4. The first kappa shape index (κ1) is 25.9. The van der Waals surface area contributed by atoms with Crippen LogP contribution in [0.1, 0.15) is 27.0 Å². The Kier molecular flexibility index (Phi) is 7.72. The third kappa shape index (κ3) is 5.57. The third-order valence-corrected chi connectivity index (χ3v) is 6.84. The molecule has 194 valence electrons. The van der Waals surface area contributed by atoms with E-state index in [1.165, 1.54) is 18.2 Å². The Bertz CT molecular complexity index is 1500. The molecule has 0 bridgehead atoms. The molecule has 0 saturated heterocycles. The van der Waals surface area contributed by atoms with Crippen LogP contribution < -0.4 is 18.9 Å². The Hall–Kier alpha value is -3.74. The quantitative estimate of drug-likeness (QED) is 0.208. The van der Waals surface area contributed by atoms with Crippen LogP contribution in [0.3, 0.4) is 0 Å². The van der Waals surface area contributed by atoms with Crippen LogP contribution in [-0.2, 0) is 13.2 Å². The number of benzene rings is 4. The maximum atomic E-state index is 13.5. The molecular weight excluding hydrogens is 530 g/mol. The van der Waals surface area contributed by atoms with Crippen molar-refractivity contribution in [1.29, 1.82) is 0 Å². The summed E-state index contributed by atoms with van der Waals surface area (Å²) < 4.78 is 36.7. The van der Waals surface area contributed by atoms with Gasteiger partial charge in [0.05, 0.1) is 15.6 Å². The number of halogens is 3. The molecule has 0 atom stereocenters. The number of hydrogen-bond acceptors (Lipinski definition) is 5. The standard InChI is InChI=1S/C30H23Cl2FO5/c1-18-21(3-2-4-23(18)20-6-8-27-30(13-20)36-10-9-35-27)17-38-29-14-28(22(15-34)12-25(29)32)37-16-19-5-7-26(33)24(31)11-19/h2-8,11-15H,9-10,16-17H2,1H3. The van der Waals surface area contributed by atoms with Crippen molar-refractivity contribution in [2.45, 2.75) is 20.1 Å². The fraction of sp³-hybridized carbons (Fsp3) is 0.167. The summed E-state index contributed by atoms with van der Waals surface area (Å²) in [6.07, 6.45) is 0.656. The Morgan fingerprint density at radius 1 is 0.868 bits per heavy atom. The molecular formula is C30H23Cl2FO5. The van der Waals surface area contributed by atoms with Crippen LogP contribution >= 0.6 is 23.2 Å². The molecule has 4 aromatic carbocycles. The lowest BCUT2D eigenvalue weighted by atomic mass is 9.96. The summed E-state index contributed by atoms with van der Waals surface area (Å²) in [6, 6.07) is 19.3. The van der Waals surface area contributed by atoms with Crippen molar-refractivity contribution >= 4 is 29.5 Å². The summed E-state index contributed by atoms with van der Waals surface area (Å²) in [5.41, 5.74) is 5.00.